The van der Waals surface area contributed by atoms with E-state index in [1.54, 1.807) is 35.8 Å². The number of alkyl halides is 3. The molecule has 0 fully saturated rings. The van der Waals surface area contributed by atoms with Crippen LogP contribution >= 0.6 is 0 Å². The molecule has 0 saturated carbocycles. The molecule has 0 bridgehead atoms. The first-order valence-corrected chi connectivity index (χ1v) is 9.31. The fraction of sp³-hybridized carbons (Fsp3) is 0.130. The molecule has 7 heteroatoms. The summed E-state index contributed by atoms with van der Waals surface area (Å²) in [4.78, 5) is 16.7. The third-order valence-corrected chi connectivity index (χ3v) is 4.63. The highest BCUT2D eigenvalue weighted by Gasteiger charge is 2.31. The first-order valence-electron chi connectivity index (χ1n) is 9.31. The standard InChI is InChI=1S/C23H17F3N2O2/c1-2-30-22(29)16-9-6-10-18(13-16)28-20-12-11-17(23(24,25)26)14-19(20)27-21(28)15-7-4-3-5-8-15/h3-14H,2H2,1H3. The zero-order valence-corrected chi connectivity index (χ0v) is 16.0. The lowest BCUT2D eigenvalue weighted by Gasteiger charge is -2.11. The van der Waals surface area contributed by atoms with Crippen LogP contribution in [0, 0.1) is 0 Å². The van der Waals surface area contributed by atoms with Crippen molar-refractivity contribution in [2.45, 2.75) is 13.1 Å². The summed E-state index contributed by atoms with van der Waals surface area (Å²) in [6.07, 6.45) is -4.46. The van der Waals surface area contributed by atoms with Gasteiger partial charge in [0.15, 0.2) is 0 Å². The average Bonchev–Trinajstić information content (AvgIpc) is 3.13. The fourth-order valence-corrected chi connectivity index (χ4v) is 3.29. The third-order valence-electron chi connectivity index (χ3n) is 4.63. The second-order valence-electron chi connectivity index (χ2n) is 6.61. The number of carbonyl (C=O) groups is 1. The van der Waals surface area contributed by atoms with Gasteiger partial charge in [0.1, 0.15) is 5.82 Å². The van der Waals surface area contributed by atoms with Gasteiger partial charge in [0, 0.05) is 11.3 Å². The largest absolute Gasteiger partial charge is 0.462 e. The van der Waals surface area contributed by atoms with E-state index in [0.717, 1.165) is 17.7 Å². The number of imidazole rings is 1. The van der Waals surface area contributed by atoms with Crippen molar-refractivity contribution in [3.8, 4) is 17.1 Å². The Morgan fingerprint density at radius 1 is 1.00 bits per heavy atom. The Kier molecular flexibility index (Phi) is 5.03. The number of carbonyl (C=O) groups excluding carboxylic acids is 1. The van der Waals surface area contributed by atoms with Gasteiger partial charge < -0.3 is 4.74 Å². The molecule has 0 aliphatic heterocycles. The van der Waals surface area contributed by atoms with Crippen LogP contribution in [0.25, 0.3) is 28.1 Å². The van der Waals surface area contributed by atoms with Crippen LogP contribution < -0.4 is 0 Å². The van der Waals surface area contributed by atoms with E-state index in [0.29, 0.717) is 22.6 Å². The minimum absolute atomic E-state index is 0.213. The molecular weight excluding hydrogens is 393 g/mol. The van der Waals surface area contributed by atoms with Crippen LogP contribution in [0.2, 0.25) is 0 Å². The maximum atomic E-state index is 13.2. The molecule has 0 aliphatic rings. The summed E-state index contributed by atoms with van der Waals surface area (Å²) in [5.74, 6) is 0.00956. The van der Waals surface area contributed by atoms with Crippen molar-refractivity contribution in [2.75, 3.05) is 6.61 Å². The van der Waals surface area contributed by atoms with Gasteiger partial charge in [-0.3, -0.25) is 4.57 Å². The number of hydrogen-bond donors (Lipinski definition) is 0. The van der Waals surface area contributed by atoms with Crippen molar-refractivity contribution in [2.24, 2.45) is 0 Å². The first kappa shape index (κ1) is 19.7. The molecule has 4 nitrogen and oxygen atoms in total. The molecule has 3 aromatic carbocycles. The highest BCUT2D eigenvalue weighted by Crippen LogP contribution is 2.34. The molecule has 0 radical (unpaired) electrons. The number of hydrogen-bond acceptors (Lipinski definition) is 3. The topological polar surface area (TPSA) is 44.1 Å². The van der Waals surface area contributed by atoms with Gasteiger partial charge in [0.25, 0.3) is 0 Å². The summed E-state index contributed by atoms with van der Waals surface area (Å²) < 4.78 is 46.4. The molecule has 0 atom stereocenters. The van der Waals surface area contributed by atoms with Crippen molar-refractivity contribution in [1.29, 1.82) is 0 Å². The molecular formula is C23H17F3N2O2. The lowest BCUT2D eigenvalue weighted by atomic mass is 10.1. The van der Waals surface area contributed by atoms with Gasteiger partial charge in [-0.15, -0.1) is 0 Å². The molecule has 4 rings (SSSR count). The van der Waals surface area contributed by atoms with Gasteiger partial charge in [-0.2, -0.15) is 13.2 Å². The zero-order valence-electron chi connectivity index (χ0n) is 16.0. The quantitative estimate of drug-likeness (QED) is 0.394. The molecule has 0 N–H and O–H groups in total. The normalized spacial score (nSPS) is 11.6. The Labute approximate surface area is 170 Å². The van der Waals surface area contributed by atoms with Crippen LogP contribution in [0.3, 0.4) is 0 Å². The minimum atomic E-state index is -4.46. The van der Waals surface area contributed by atoms with Crippen molar-refractivity contribution in [3.05, 3.63) is 83.9 Å². The maximum Gasteiger partial charge on any atom is 0.416 e. The fourth-order valence-electron chi connectivity index (χ4n) is 3.29. The van der Waals surface area contributed by atoms with Crippen molar-refractivity contribution < 1.29 is 22.7 Å². The molecule has 0 aliphatic carbocycles. The Bertz CT molecular complexity index is 1210. The molecule has 0 spiro atoms. The molecule has 0 amide bonds. The Morgan fingerprint density at radius 2 is 1.77 bits per heavy atom. The summed E-state index contributed by atoms with van der Waals surface area (Å²) in [6, 6.07) is 19.4. The Balaban J connectivity index is 1.96. The van der Waals surface area contributed by atoms with E-state index in [-0.39, 0.29) is 12.1 Å². The van der Waals surface area contributed by atoms with Gasteiger partial charge in [-0.1, -0.05) is 36.4 Å². The van der Waals surface area contributed by atoms with E-state index < -0.39 is 17.7 Å². The molecule has 30 heavy (non-hydrogen) atoms. The number of fused-ring (bicyclic) bond motifs is 1. The molecule has 4 aromatic rings. The van der Waals surface area contributed by atoms with Crippen LogP contribution in [0.5, 0.6) is 0 Å². The van der Waals surface area contributed by atoms with Crippen LogP contribution in [-0.4, -0.2) is 22.1 Å². The van der Waals surface area contributed by atoms with E-state index in [4.69, 9.17) is 4.74 Å². The SMILES string of the molecule is CCOC(=O)c1cccc(-n2c(-c3ccccc3)nc3cc(C(F)(F)F)ccc32)c1. The summed E-state index contributed by atoms with van der Waals surface area (Å²) in [5.41, 5.74) is 1.64. The predicted octanol–water partition coefficient (Wildman–Crippen LogP) is 5.89. The number of nitrogens with zero attached hydrogens (tertiary/aromatic N) is 2. The van der Waals surface area contributed by atoms with Crippen LogP contribution in [0.1, 0.15) is 22.8 Å². The van der Waals surface area contributed by atoms with E-state index in [1.165, 1.54) is 6.07 Å². The highest BCUT2D eigenvalue weighted by molar-refractivity contribution is 5.91. The number of aromatic nitrogens is 2. The smallest absolute Gasteiger partial charge is 0.416 e. The maximum absolute atomic E-state index is 13.2. The van der Waals surface area contributed by atoms with Crippen molar-refractivity contribution in [1.82, 2.24) is 9.55 Å². The van der Waals surface area contributed by atoms with Gasteiger partial charge >= 0.3 is 12.1 Å². The van der Waals surface area contributed by atoms with Gasteiger partial charge in [-0.25, -0.2) is 9.78 Å². The molecule has 0 saturated heterocycles. The monoisotopic (exact) mass is 410 g/mol. The van der Waals surface area contributed by atoms with Crippen molar-refractivity contribution >= 4 is 17.0 Å². The number of esters is 1. The van der Waals surface area contributed by atoms with E-state index in [1.807, 2.05) is 30.3 Å². The second kappa shape index (κ2) is 7.67. The number of halogens is 3. The number of benzene rings is 3. The van der Waals surface area contributed by atoms with E-state index >= 15 is 0 Å². The van der Waals surface area contributed by atoms with Gasteiger partial charge in [0.05, 0.1) is 28.8 Å². The summed E-state index contributed by atoms with van der Waals surface area (Å²) in [6.45, 7) is 1.96. The summed E-state index contributed by atoms with van der Waals surface area (Å²) in [7, 11) is 0. The van der Waals surface area contributed by atoms with Crippen LogP contribution in [-0.2, 0) is 10.9 Å². The van der Waals surface area contributed by atoms with Crippen molar-refractivity contribution in [3.63, 3.8) is 0 Å². The van der Waals surface area contributed by atoms with E-state index in [2.05, 4.69) is 4.98 Å². The molecule has 0 unspecified atom stereocenters. The van der Waals surface area contributed by atoms with Crippen LogP contribution in [0.15, 0.2) is 72.8 Å². The lowest BCUT2D eigenvalue weighted by molar-refractivity contribution is -0.137. The number of rotatable bonds is 4. The second-order valence-corrected chi connectivity index (χ2v) is 6.61. The molecule has 1 heterocycles. The Morgan fingerprint density at radius 3 is 2.47 bits per heavy atom. The number of ether oxygens (including phenoxy) is 1. The summed E-state index contributed by atoms with van der Waals surface area (Å²) in [5, 5.41) is 0. The first-order chi connectivity index (χ1) is 14.4. The van der Waals surface area contributed by atoms with Crippen LogP contribution in [0.4, 0.5) is 13.2 Å². The third kappa shape index (κ3) is 3.66. The highest BCUT2D eigenvalue weighted by atomic mass is 19.4. The predicted molar refractivity (Wildman–Crippen MR) is 107 cm³/mol. The van der Waals surface area contributed by atoms with Gasteiger partial charge in [-0.05, 0) is 43.3 Å². The van der Waals surface area contributed by atoms with Gasteiger partial charge in [0.2, 0.25) is 0 Å². The minimum Gasteiger partial charge on any atom is -0.462 e. The average molecular weight is 410 g/mol. The molecule has 1 aromatic heterocycles. The summed E-state index contributed by atoms with van der Waals surface area (Å²) >= 11 is 0. The lowest BCUT2D eigenvalue weighted by Crippen LogP contribution is -2.06. The molecule has 152 valence electrons. The Hall–Kier alpha value is -3.61. The van der Waals surface area contributed by atoms with E-state index in [9.17, 15) is 18.0 Å². The zero-order chi connectivity index (χ0) is 21.3.